The van der Waals surface area contributed by atoms with Gasteiger partial charge in [-0.25, -0.2) is 14.1 Å². The Labute approximate surface area is 132 Å². The van der Waals surface area contributed by atoms with Crippen molar-refractivity contribution < 1.29 is 9.71 Å². The van der Waals surface area contributed by atoms with E-state index in [0.29, 0.717) is 23.7 Å². The van der Waals surface area contributed by atoms with E-state index < -0.39 is 0 Å². The Morgan fingerprint density at radius 2 is 2.00 bits per heavy atom. The fourth-order valence-corrected chi connectivity index (χ4v) is 2.53. The molecular weight excluding hydrogens is 303 g/mol. The summed E-state index contributed by atoms with van der Waals surface area (Å²) in [7, 11) is 0. The van der Waals surface area contributed by atoms with Crippen LogP contribution in [-0.2, 0) is 13.1 Å². The van der Waals surface area contributed by atoms with Crippen LogP contribution >= 0.6 is 11.6 Å². The Balaban J connectivity index is 1.73. The third-order valence-corrected chi connectivity index (χ3v) is 3.72. The predicted octanol–water partition coefficient (Wildman–Crippen LogP) is 2.32. The number of quaternary nitrogens is 1. The summed E-state index contributed by atoms with van der Waals surface area (Å²) < 4.78 is 15.5. The summed E-state index contributed by atoms with van der Waals surface area (Å²) in [6.45, 7) is 1.13. The van der Waals surface area contributed by atoms with E-state index in [2.05, 4.69) is 10.1 Å². The van der Waals surface area contributed by atoms with Crippen molar-refractivity contribution in [2.75, 3.05) is 0 Å². The van der Waals surface area contributed by atoms with Gasteiger partial charge >= 0.3 is 0 Å². The van der Waals surface area contributed by atoms with Gasteiger partial charge in [0.2, 0.25) is 0 Å². The Morgan fingerprint density at radius 1 is 1.09 bits per heavy atom. The number of benzene rings is 1. The van der Waals surface area contributed by atoms with Crippen LogP contribution in [0.3, 0.4) is 0 Å². The lowest BCUT2D eigenvalue weighted by atomic mass is 10.2. The molecule has 0 bridgehead atoms. The van der Waals surface area contributed by atoms with Gasteiger partial charge in [0.05, 0.1) is 16.1 Å². The second-order valence-electron chi connectivity index (χ2n) is 4.83. The minimum absolute atomic E-state index is 0.276. The summed E-state index contributed by atoms with van der Waals surface area (Å²) in [5, 5.41) is 6.65. The highest BCUT2D eigenvalue weighted by Crippen LogP contribution is 2.17. The normalized spacial score (nSPS) is 10.8. The maximum atomic E-state index is 13.7. The van der Waals surface area contributed by atoms with Crippen molar-refractivity contribution in [1.29, 1.82) is 0 Å². The molecule has 2 N–H and O–H groups in total. The molecule has 3 aromatic rings. The lowest BCUT2D eigenvalue weighted by molar-refractivity contribution is -0.686. The van der Waals surface area contributed by atoms with E-state index in [-0.39, 0.29) is 5.82 Å². The molecule has 0 aliphatic heterocycles. The number of pyridine rings is 1. The molecule has 0 radical (unpaired) electrons. The second-order valence-corrected chi connectivity index (χ2v) is 5.24. The molecule has 0 atom stereocenters. The number of aromatic nitrogens is 3. The van der Waals surface area contributed by atoms with E-state index in [1.165, 1.54) is 6.07 Å². The first-order chi connectivity index (χ1) is 10.8. The molecule has 0 saturated heterocycles. The quantitative estimate of drug-likeness (QED) is 0.785. The maximum Gasteiger partial charge on any atom is 0.162 e. The summed E-state index contributed by atoms with van der Waals surface area (Å²) >= 11 is 6.04. The molecule has 0 aliphatic carbocycles. The largest absolute Gasteiger partial charge is 0.339 e. The summed E-state index contributed by atoms with van der Waals surface area (Å²) in [6.07, 6.45) is 5.29. The zero-order valence-corrected chi connectivity index (χ0v) is 12.5. The Bertz CT molecular complexity index is 738. The molecule has 2 heterocycles. The number of nitrogens with zero attached hydrogens (tertiary/aromatic N) is 3. The van der Waals surface area contributed by atoms with Crippen LogP contribution < -0.4 is 5.32 Å². The van der Waals surface area contributed by atoms with Crippen molar-refractivity contribution in [3.63, 3.8) is 0 Å². The van der Waals surface area contributed by atoms with Gasteiger partial charge in [0, 0.05) is 18.6 Å². The van der Waals surface area contributed by atoms with Crippen molar-refractivity contribution in [3.8, 4) is 5.82 Å². The number of hydrogen-bond acceptors (Lipinski definition) is 2. The first-order valence-electron chi connectivity index (χ1n) is 6.94. The van der Waals surface area contributed by atoms with Crippen LogP contribution in [0.15, 0.2) is 55.0 Å². The van der Waals surface area contributed by atoms with Crippen molar-refractivity contribution in [3.05, 3.63) is 77.0 Å². The lowest BCUT2D eigenvalue weighted by Gasteiger charge is -2.08. The highest BCUT2D eigenvalue weighted by molar-refractivity contribution is 6.31. The van der Waals surface area contributed by atoms with E-state index >= 15 is 0 Å². The van der Waals surface area contributed by atoms with Gasteiger partial charge in [0.15, 0.2) is 5.82 Å². The highest BCUT2D eigenvalue weighted by atomic mass is 35.5. The Kier molecular flexibility index (Phi) is 4.46. The minimum Gasteiger partial charge on any atom is -0.339 e. The summed E-state index contributed by atoms with van der Waals surface area (Å²) in [6, 6.07) is 10.5. The average Bonchev–Trinajstić information content (AvgIpc) is 3.05. The topological polar surface area (TPSA) is 47.3 Å². The average molecular weight is 318 g/mol. The van der Waals surface area contributed by atoms with Crippen LogP contribution in [0.5, 0.6) is 0 Å². The zero-order valence-electron chi connectivity index (χ0n) is 11.8. The first-order valence-corrected chi connectivity index (χ1v) is 7.32. The molecule has 0 aliphatic rings. The molecular formula is C16H15ClFN4+. The lowest BCUT2D eigenvalue weighted by Crippen LogP contribution is -2.81. The smallest absolute Gasteiger partial charge is 0.162 e. The third kappa shape index (κ3) is 3.16. The molecule has 0 spiro atoms. The van der Waals surface area contributed by atoms with Crippen molar-refractivity contribution in [2.45, 2.75) is 13.1 Å². The third-order valence-electron chi connectivity index (χ3n) is 3.36. The van der Waals surface area contributed by atoms with Gasteiger partial charge in [-0.15, -0.1) is 0 Å². The van der Waals surface area contributed by atoms with E-state index in [9.17, 15) is 4.39 Å². The summed E-state index contributed by atoms with van der Waals surface area (Å²) in [5.74, 6) is 0.505. The number of nitrogens with two attached hydrogens (primary N) is 1. The van der Waals surface area contributed by atoms with E-state index in [4.69, 9.17) is 11.6 Å². The van der Waals surface area contributed by atoms with Crippen LogP contribution in [0.2, 0.25) is 5.02 Å². The van der Waals surface area contributed by atoms with Crippen LogP contribution in [0.4, 0.5) is 4.39 Å². The zero-order chi connectivity index (χ0) is 15.4. The SMILES string of the molecule is Fc1cccc(Cl)c1C[NH2+]Cc1cccnc1-n1cccn1. The van der Waals surface area contributed by atoms with E-state index in [1.807, 2.05) is 29.7 Å². The number of hydrogen-bond donors (Lipinski definition) is 1. The van der Waals surface area contributed by atoms with E-state index in [1.54, 1.807) is 29.2 Å². The highest BCUT2D eigenvalue weighted by Gasteiger charge is 2.11. The fraction of sp³-hybridized carbons (Fsp3) is 0.125. The molecule has 3 rings (SSSR count). The number of halogens is 2. The molecule has 112 valence electrons. The molecule has 0 amide bonds. The molecule has 4 nitrogen and oxygen atoms in total. The van der Waals surface area contributed by atoms with Gasteiger partial charge in [0.1, 0.15) is 18.9 Å². The van der Waals surface area contributed by atoms with Gasteiger partial charge in [-0.05, 0) is 30.3 Å². The van der Waals surface area contributed by atoms with Crippen LogP contribution in [0.1, 0.15) is 11.1 Å². The maximum absolute atomic E-state index is 13.7. The van der Waals surface area contributed by atoms with Crippen molar-refractivity contribution in [1.82, 2.24) is 14.8 Å². The van der Waals surface area contributed by atoms with Crippen LogP contribution in [-0.4, -0.2) is 14.8 Å². The van der Waals surface area contributed by atoms with Crippen molar-refractivity contribution >= 4 is 11.6 Å². The molecule has 2 aromatic heterocycles. The van der Waals surface area contributed by atoms with Gasteiger partial charge in [0.25, 0.3) is 0 Å². The monoisotopic (exact) mass is 317 g/mol. The Morgan fingerprint density at radius 3 is 2.77 bits per heavy atom. The van der Waals surface area contributed by atoms with Crippen LogP contribution in [0, 0.1) is 5.82 Å². The van der Waals surface area contributed by atoms with Gasteiger partial charge < -0.3 is 5.32 Å². The summed E-state index contributed by atoms with van der Waals surface area (Å²) in [5.41, 5.74) is 1.55. The van der Waals surface area contributed by atoms with E-state index in [0.717, 1.165) is 11.4 Å². The molecule has 1 aromatic carbocycles. The molecule has 6 heteroatoms. The van der Waals surface area contributed by atoms with Gasteiger partial charge in [-0.2, -0.15) is 5.10 Å². The molecule has 0 fully saturated rings. The summed E-state index contributed by atoms with van der Waals surface area (Å²) in [4.78, 5) is 4.36. The minimum atomic E-state index is -0.276. The van der Waals surface area contributed by atoms with Crippen molar-refractivity contribution in [2.24, 2.45) is 0 Å². The van der Waals surface area contributed by atoms with Gasteiger partial charge in [-0.3, -0.25) is 0 Å². The second kappa shape index (κ2) is 6.68. The predicted molar refractivity (Wildman–Crippen MR) is 82.1 cm³/mol. The number of rotatable bonds is 5. The standard InChI is InChI=1S/C16H14ClFN4/c17-14-5-1-6-15(18)13(14)11-19-10-12-4-2-7-20-16(12)22-9-3-8-21-22/h1-9,19H,10-11H2/p+1. The first kappa shape index (κ1) is 14.7. The van der Waals surface area contributed by atoms with Crippen LogP contribution in [0.25, 0.3) is 5.82 Å². The molecule has 0 unspecified atom stereocenters. The molecule has 22 heavy (non-hydrogen) atoms. The molecule has 0 saturated carbocycles. The Hall–Kier alpha value is -2.24. The van der Waals surface area contributed by atoms with Gasteiger partial charge in [-0.1, -0.05) is 17.7 Å². The fourth-order valence-electron chi connectivity index (χ4n) is 2.29.